The molecule has 1 fully saturated rings. The predicted octanol–water partition coefficient (Wildman–Crippen LogP) is 1.02. The van der Waals surface area contributed by atoms with E-state index in [1.165, 1.54) is 0 Å². The summed E-state index contributed by atoms with van der Waals surface area (Å²) in [5.74, 6) is 0.813. The molecule has 18 heavy (non-hydrogen) atoms. The van der Waals surface area contributed by atoms with E-state index >= 15 is 0 Å². The molecule has 1 aromatic heterocycles. The molecule has 1 aliphatic heterocycles. The second-order valence-corrected chi connectivity index (χ2v) is 6.71. The van der Waals surface area contributed by atoms with Crippen molar-refractivity contribution in [3.05, 3.63) is 23.9 Å². The lowest BCUT2D eigenvalue weighted by Gasteiger charge is -2.26. The molecule has 0 saturated carbocycles. The van der Waals surface area contributed by atoms with Crippen LogP contribution in [0.15, 0.2) is 18.3 Å². The Hall–Kier alpha value is -1.14. The first-order valence-electron chi connectivity index (χ1n) is 6.26. The summed E-state index contributed by atoms with van der Waals surface area (Å²) in [5, 5.41) is 0. The van der Waals surface area contributed by atoms with E-state index in [4.69, 9.17) is 5.73 Å². The van der Waals surface area contributed by atoms with Crippen molar-refractivity contribution in [2.75, 3.05) is 24.6 Å². The molecule has 5 nitrogen and oxygen atoms in total. The van der Waals surface area contributed by atoms with Gasteiger partial charge in [0.1, 0.15) is 5.82 Å². The van der Waals surface area contributed by atoms with Gasteiger partial charge in [0.25, 0.3) is 0 Å². The van der Waals surface area contributed by atoms with Crippen molar-refractivity contribution in [2.45, 2.75) is 25.7 Å². The Morgan fingerprint density at radius 2 is 2.17 bits per heavy atom. The van der Waals surface area contributed by atoms with Crippen molar-refractivity contribution in [3.63, 3.8) is 0 Å². The normalized spacial score (nSPS) is 19.8. The van der Waals surface area contributed by atoms with Gasteiger partial charge in [0, 0.05) is 19.3 Å². The van der Waals surface area contributed by atoms with Gasteiger partial charge in [-0.05, 0) is 37.3 Å². The summed E-state index contributed by atoms with van der Waals surface area (Å²) in [7, 11) is -2.99. The maximum absolute atomic E-state index is 11.8. The van der Waals surface area contributed by atoms with Crippen LogP contribution in [0.5, 0.6) is 0 Å². The van der Waals surface area contributed by atoms with Gasteiger partial charge in [0.15, 0.2) is 0 Å². The van der Waals surface area contributed by atoms with Crippen LogP contribution in [0.1, 0.15) is 24.8 Å². The van der Waals surface area contributed by atoms with E-state index in [1.807, 2.05) is 6.07 Å². The standard InChI is InChI=1S/C12H19N3O2S/c13-12-6-5-11(10-14-12)4-3-8-15-7-1-2-9-18(15,16)17/h5-6,10H,1-4,7-9H2,(H2,13,14). The topological polar surface area (TPSA) is 76.3 Å². The van der Waals surface area contributed by atoms with Gasteiger partial charge in [-0.15, -0.1) is 0 Å². The van der Waals surface area contributed by atoms with Crippen LogP contribution in [0.25, 0.3) is 0 Å². The van der Waals surface area contributed by atoms with Crippen LogP contribution in [-0.4, -0.2) is 36.5 Å². The fourth-order valence-corrected chi connectivity index (χ4v) is 3.78. The first kappa shape index (κ1) is 13.3. The minimum atomic E-state index is -2.99. The van der Waals surface area contributed by atoms with E-state index < -0.39 is 10.0 Å². The first-order chi connectivity index (χ1) is 8.58. The molecule has 0 spiro atoms. The highest BCUT2D eigenvalue weighted by molar-refractivity contribution is 7.89. The van der Waals surface area contributed by atoms with Gasteiger partial charge in [0.2, 0.25) is 10.0 Å². The molecule has 0 radical (unpaired) electrons. The molecule has 0 aromatic carbocycles. The molecular formula is C12H19N3O2S. The molecule has 0 atom stereocenters. The number of nitrogens with two attached hydrogens (primary N) is 1. The third-order valence-corrected chi connectivity index (χ3v) is 5.13. The van der Waals surface area contributed by atoms with Gasteiger partial charge in [0.05, 0.1) is 5.75 Å². The molecule has 0 bridgehead atoms. The van der Waals surface area contributed by atoms with Crippen LogP contribution in [-0.2, 0) is 16.4 Å². The number of nitrogens with zero attached hydrogens (tertiary/aromatic N) is 2. The Bertz CT molecular complexity index is 485. The Morgan fingerprint density at radius 1 is 1.33 bits per heavy atom. The molecule has 0 unspecified atom stereocenters. The summed E-state index contributed by atoms with van der Waals surface area (Å²) >= 11 is 0. The molecule has 2 heterocycles. The van der Waals surface area contributed by atoms with Gasteiger partial charge in [-0.2, -0.15) is 0 Å². The van der Waals surface area contributed by atoms with Crippen LogP contribution in [0.3, 0.4) is 0 Å². The fourth-order valence-electron chi connectivity index (χ4n) is 2.14. The molecular weight excluding hydrogens is 250 g/mol. The Labute approximate surface area is 108 Å². The molecule has 1 saturated heterocycles. The summed E-state index contributed by atoms with van der Waals surface area (Å²) in [4.78, 5) is 4.02. The molecule has 0 amide bonds. The highest BCUT2D eigenvalue weighted by atomic mass is 32.2. The molecule has 1 aliphatic rings. The zero-order valence-electron chi connectivity index (χ0n) is 10.4. The lowest BCUT2D eigenvalue weighted by atomic mass is 10.1. The average Bonchev–Trinajstić information content (AvgIpc) is 2.33. The Balaban J connectivity index is 1.83. The van der Waals surface area contributed by atoms with Crippen LogP contribution in [0, 0.1) is 0 Å². The van der Waals surface area contributed by atoms with Crippen LogP contribution < -0.4 is 5.73 Å². The summed E-state index contributed by atoms with van der Waals surface area (Å²) in [6.07, 6.45) is 5.17. The summed E-state index contributed by atoms with van der Waals surface area (Å²) in [5.41, 5.74) is 6.61. The number of rotatable bonds is 4. The highest BCUT2D eigenvalue weighted by Gasteiger charge is 2.24. The van der Waals surface area contributed by atoms with Crippen LogP contribution >= 0.6 is 0 Å². The molecule has 100 valence electrons. The lowest BCUT2D eigenvalue weighted by Crippen LogP contribution is -2.38. The molecule has 6 heteroatoms. The largest absolute Gasteiger partial charge is 0.384 e. The van der Waals surface area contributed by atoms with Gasteiger partial charge in [-0.3, -0.25) is 0 Å². The monoisotopic (exact) mass is 269 g/mol. The summed E-state index contributed by atoms with van der Waals surface area (Å²) in [6, 6.07) is 3.71. The second kappa shape index (κ2) is 5.67. The van der Waals surface area contributed by atoms with Crippen LogP contribution in [0.2, 0.25) is 0 Å². The molecule has 1 aromatic rings. The number of aromatic nitrogens is 1. The van der Waals surface area contributed by atoms with Crippen molar-refractivity contribution in [1.82, 2.24) is 9.29 Å². The number of anilines is 1. The van der Waals surface area contributed by atoms with Crippen molar-refractivity contribution < 1.29 is 8.42 Å². The van der Waals surface area contributed by atoms with E-state index in [-0.39, 0.29) is 0 Å². The van der Waals surface area contributed by atoms with Gasteiger partial charge in [-0.25, -0.2) is 17.7 Å². The number of sulfonamides is 1. The molecule has 0 aliphatic carbocycles. The predicted molar refractivity (Wildman–Crippen MR) is 71.6 cm³/mol. The zero-order valence-corrected chi connectivity index (χ0v) is 11.2. The average molecular weight is 269 g/mol. The van der Waals surface area contributed by atoms with E-state index in [0.29, 0.717) is 24.7 Å². The van der Waals surface area contributed by atoms with E-state index in [1.54, 1.807) is 16.6 Å². The van der Waals surface area contributed by atoms with E-state index in [2.05, 4.69) is 4.98 Å². The Morgan fingerprint density at radius 3 is 2.83 bits per heavy atom. The second-order valence-electron chi connectivity index (χ2n) is 4.62. The number of nitrogen functional groups attached to an aromatic ring is 1. The van der Waals surface area contributed by atoms with Crippen molar-refractivity contribution in [1.29, 1.82) is 0 Å². The maximum Gasteiger partial charge on any atom is 0.214 e. The number of hydrogen-bond donors (Lipinski definition) is 1. The summed E-state index contributed by atoms with van der Waals surface area (Å²) in [6.45, 7) is 1.27. The van der Waals surface area contributed by atoms with Crippen LogP contribution in [0.4, 0.5) is 5.82 Å². The minimum Gasteiger partial charge on any atom is -0.384 e. The van der Waals surface area contributed by atoms with E-state index in [0.717, 1.165) is 31.2 Å². The zero-order chi connectivity index (χ0) is 13.0. The number of aryl methyl sites for hydroxylation is 1. The minimum absolute atomic E-state index is 0.302. The van der Waals surface area contributed by atoms with Crippen molar-refractivity contribution >= 4 is 15.8 Å². The third-order valence-electron chi connectivity index (χ3n) is 3.17. The molecule has 2 rings (SSSR count). The number of hydrogen-bond acceptors (Lipinski definition) is 4. The highest BCUT2D eigenvalue weighted by Crippen LogP contribution is 2.14. The quantitative estimate of drug-likeness (QED) is 0.885. The molecule has 2 N–H and O–H groups in total. The van der Waals surface area contributed by atoms with Crippen molar-refractivity contribution in [3.8, 4) is 0 Å². The SMILES string of the molecule is Nc1ccc(CCCN2CCCCS2(=O)=O)cn1. The number of pyridine rings is 1. The lowest BCUT2D eigenvalue weighted by molar-refractivity contribution is 0.378. The maximum atomic E-state index is 11.8. The van der Waals surface area contributed by atoms with Crippen molar-refractivity contribution in [2.24, 2.45) is 0 Å². The van der Waals surface area contributed by atoms with E-state index in [9.17, 15) is 8.42 Å². The summed E-state index contributed by atoms with van der Waals surface area (Å²) < 4.78 is 25.1. The smallest absolute Gasteiger partial charge is 0.214 e. The Kier molecular flexibility index (Phi) is 4.19. The van der Waals surface area contributed by atoms with Gasteiger partial charge >= 0.3 is 0 Å². The van der Waals surface area contributed by atoms with Gasteiger partial charge < -0.3 is 5.73 Å². The third kappa shape index (κ3) is 3.43. The van der Waals surface area contributed by atoms with Gasteiger partial charge in [-0.1, -0.05) is 6.07 Å². The fraction of sp³-hybridized carbons (Fsp3) is 0.583. The first-order valence-corrected chi connectivity index (χ1v) is 7.87.